The average molecular weight is 242 g/mol. The highest BCUT2D eigenvalue weighted by Crippen LogP contribution is 2.14. The van der Waals surface area contributed by atoms with Crippen LogP contribution in [0.1, 0.15) is 17.3 Å². The van der Waals surface area contributed by atoms with Gasteiger partial charge in [0.1, 0.15) is 11.3 Å². The summed E-state index contributed by atoms with van der Waals surface area (Å²) in [4.78, 5) is 10.3. The lowest BCUT2D eigenvalue weighted by Gasteiger charge is -2.26. The first kappa shape index (κ1) is 15.4. The Labute approximate surface area is 101 Å². The van der Waals surface area contributed by atoms with Crippen molar-refractivity contribution in [1.29, 1.82) is 0 Å². The topological polar surface area (TPSA) is 77.8 Å². The highest BCUT2D eigenvalue weighted by Gasteiger charge is 2.12. The molecule has 0 fully saturated rings. The molecule has 1 unspecified atom stereocenters. The van der Waals surface area contributed by atoms with Crippen LogP contribution >= 0.6 is 0 Å². The third-order valence-electron chi connectivity index (χ3n) is 2.26. The van der Waals surface area contributed by atoms with Gasteiger partial charge in [0.25, 0.3) is 0 Å². The SMILES string of the molecule is CC(O)[N+](C)(C)C.O=C(O)c1ccccc1O. The van der Waals surface area contributed by atoms with Crippen LogP contribution in [-0.4, -0.2) is 53.1 Å². The zero-order chi connectivity index (χ0) is 13.6. The highest BCUT2D eigenvalue weighted by molar-refractivity contribution is 5.90. The van der Waals surface area contributed by atoms with E-state index in [-0.39, 0.29) is 17.5 Å². The van der Waals surface area contributed by atoms with E-state index in [4.69, 9.17) is 15.3 Å². The number of aromatic carboxylic acids is 1. The molecule has 0 aliphatic carbocycles. The van der Waals surface area contributed by atoms with Gasteiger partial charge in [-0.2, -0.15) is 0 Å². The Bertz CT molecular complexity index is 369. The third-order valence-corrected chi connectivity index (χ3v) is 2.26. The van der Waals surface area contributed by atoms with Crippen molar-refractivity contribution in [3.63, 3.8) is 0 Å². The van der Waals surface area contributed by atoms with Crippen molar-refractivity contribution in [1.82, 2.24) is 0 Å². The van der Waals surface area contributed by atoms with Crippen molar-refractivity contribution in [3.05, 3.63) is 29.8 Å². The predicted molar refractivity (Wildman–Crippen MR) is 64.8 cm³/mol. The fourth-order valence-corrected chi connectivity index (χ4v) is 0.654. The van der Waals surface area contributed by atoms with Crippen LogP contribution < -0.4 is 0 Å². The van der Waals surface area contributed by atoms with Crippen molar-refractivity contribution in [2.24, 2.45) is 0 Å². The molecule has 0 saturated carbocycles. The van der Waals surface area contributed by atoms with Crippen LogP contribution in [0.15, 0.2) is 24.3 Å². The van der Waals surface area contributed by atoms with Gasteiger partial charge in [-0.1, -0.05) is 12.1 Å². The average Bonchev–Trinajstić information content (AvgIpc) is 2.17. The van der Waals surface area contributed by atoms with E-state index in [1.807, 2.05) is 21.1 Å². The third kappa shape index (κ3) is 5.89. The molecule has 0 saturated heterocycles. The lowest BCUT2D eigenvalue weighted by molar-refractivity contribution is -0.916. The maximum Gasteiger partial charge on any atom is 0.339 e. The van der Waals surface area contributed by atoms with Gasteiger partial charge >= 0.3 is 5.97 Å². The lowest BCUT2D eigenvalue weighted by atomic mass is 10.2. The summed E-state index contributed by atoms with van der Waals surface area (Å²) in [5, 5.41) is 26.2. The van der Waals surface area contributed by atoms with Crippen LogP contribution in [-0.2, 0) is 0 Å². The molecule has 96 valence electrons. The largest absolute Gasteiger partial charge is 0.507 e. The molecule has 0 heterocycles. The van der Waals surface area contributed by atoms with Gasteiger partial charge in [-0.3, -0.25) is 0 Å². The maximum atomic E-state index is 10.3. The Morgan fingerprint density at radius 2 is 1.65 bits per heavy atom. The first-order valence-electron chi connectivity index (χ1n) is 5.16. The first-order valence-corrected chi connectivity index (χ1v) is 5.16. The second-order valence-corrected chi connectivity index (χ2v) is 4.57. The lowest BCUT2D eigenvalue weighted by Crippen LogP contribution is -2.42. The number of aliphatic hydroxyl groups excluding tert-OH is 1. The number of quaternary nitrogens is 1. The predicted octanol–water partition coefficient (Wildman–Crippen LogP) is 1.12. The summed E-state index contributed by atoms with van der Waals surface area (Å²) >= 11 is 0. The molecule has 1 atom stereocenters. The number of carboxylic acids is 1. The van der Waals surface area contributed by atoms with Gasteiger partial charge in [-0.05, 0) is 12.1 Å². The van der Waals surface area contributed by atoms with Crippen LogP contribution in [0.5, 0.6) is 5.75 Å². The first-order chi connectivity index (χ1) is 7.66. The summed E-state index contributed by atoms with van der Waals surface area (Å²) in [6, 6.07) is 5.81. The molecule has 0 spiro atoms. The number of phenols is 1. The van der Waals surface area contributed by atoms with E-state index in [0.29, 0.717) is 4.48 Å². The molecule has 5 heteroatoms. The van der Waals surface area contributed by atoms with Crippen molar-refractivity contribution >= 4 is 5.97 Å². The number of aromatic hydroxyl groups is 1. The number of para-hydroxylation sites is 1. The van der Waals surface area contributed by atoms with Gasteiger partial charge in [-0.15, -0.1) is 0 Å². The summed E-state index contributed by atoms with van der Waals surface area (Å²) in [5.41, 5.74) is -0.0671. The maximum absolute atomic E-state index is 10.3. The number of carbonyl (C=O) groups is 1. The number of nitrogens with zero attached hydrogens (tertiary/aromatic N) is 1. The minimum atomic E-state index is -1.11. The molecule has 3 N–H and O–H groups in total. The molecule has 0 radical (unpaired) electrons. The summed E-state index contributed by atoms with van der Waals surface area (Å²) in [5.74, 6) is -1.31. The fraction of sp³-hybridized carbons (Fsp3) is 0.417. The fourth-order valence-electron chi connectivity index (χ4n) is 0.654. The Hall–Kier alpha value is -1.59. The molecule has 0 amide bonds. The van der Waals surface area contributed by atoms with Gasteiger partial charge in [0.05, 0.1) is 21.1 Å². The molecule has 5 nitrogen and oxygen atoms in total. The standard InChI is InChI=1S/C7H6O3.C5H14NO/c8-6-4-2-1-3-5(6)7(9)10;1-5(7)6(2,3)4/h1-4,8H,(H,9,10);5,7H,1-4H3/q;+1. The molecule has 1 aromatic rings. The summed E-state index contributed by atoms with van der Waals surface area (Å²) in [7, 11) is 5.85. The smallest absolute Gasteiger partial charge is 0.339 e. The summed E-state index contributed by atoms with van der Waals surface area (Å²) in [6.07, 6.45) is -0.264. The van der Waals surface area contributed by atoms with Gasteiger partial charge in [0.2, 0.25) is 0 Å². The molecule has 0 bridgehead atoms. The monoisotopic (exact) mass is 242 g/mol. The van der Waals surface area contributed by atoms with Crippen LogP contribution in [0.25, 0.3) is 0 Å². The van der Waals surface area contributed by atoms with E-state index >= 15 is 0 Å². The van der Waals surface area contributed by atoms with E-state index in [2.05, 4.69) is 0 Å². The zero-order valence-corrected chi connectivity index (χ0v) is 10.6. The Morgan fingerprint density at radius 3 is 1.88 bits per heavy atom. The van der Waals surface area contributed by atoms with Crippen LogP contribution in [0.2, 0.25) is 0 Å². The second kappa shape index (κ2) is 6.22. The van der Waals surface area contributed by atoms with Gasteiger partial charge in [-0.25, -0.2) is 4.79 Å². The molecule has 1 rings (SSSR count). The van der Waals surface area contributed by atoms with Crippen molar-refractivity contribution in [3.8, 4) is 5.75 Å². The number of aliphatic hydroxyl groups is 1. The molecule has 1 aromatic carbocycles. The van der Waals surface area contributed by atoms with Crippen molar-refractivity contribution < 1.29 is 24.6 Å². The molecule has 17 heavy (non-hydrogen) atoms. The van der Waals surface area contributed by atoms with E-state index in [1.165, 1.54) is 12.1 Å². The summed E-state index contributed by atoms with van der Waals surface area (Å²) < 4.78 is 0.611. The summed E-state index contributed by atoms with van der Waals surface area (Å²) in [6.45, 7) is 1.78. The number of benzene rings is 1. The van der Waals surface area contributed by atoms with Gasteiger partial charge in [0, 0.05) is 6.92 Å². The minimum Gasteiger partial charge on any atom is -0.507 e. The van der Waals surface area contributed by atoms with E-state index in [1.54, 1.807) is 19.1 Å². The molecule has 0 aliphatic heterocycles. The van der Waals surface area contributed by atoms with E-state index in [9.17, 15) is 4.79 Å². The van der Waals surface area contributed by atoms with Crippen molar-refractivity contribution in [2.45, 2.75) is 13.2 Å². The number of hydrogen-bond acceptors (Lipinski definition) is 3. The number of carboxylic acid groups (broad SMARTS) is 1. The highest BCUT2D eigenvalue weighted by atomic mass is 16.4. The molecular weight excluding hydrogens is 222 g/mol. The van der Waals surface area contributed by atoms with Crippen LogP contribution in [0, 0.1) is 0 Å². The van der Waals surface area contributed by atoms with E-state index in [0.717, 1.165) is 0 Å². The Balaban J connectivity index is 0.000000325. The molecular formula is C12H20NO4+. The van der Waals surface area contributed by atoms with Crippen molar-refractivity contribution in [2.75, 3.05) is 21.1 Å². The minimum absolute atomic E-state index is 0.0671. The van der Waals surface area contributed by atoms with Crippen LogP contribution in [0.3, 0.4) is 0 Å². The van der Waals surface area contributed by atoms with E-state index < -0.39 is 5.97 Å². The second-order valence-electron chi connectivity index (χ2n) is 4.57. The number of hydrogen-bond donors (Lipinski definition) is 3. The number of rotatable bonds is 2. The zero-order valence-electron chi connectivity index (χ0n) is 10.6. The molecule has 0 aliphatic rings. The molecule has 0 aromatic heterocycles. The Kier molecular flexibility index (Phi) is 5.64. The normalized spacial score (nSPS) is 12.3. The van der Waals surface area contributed by atoms with Gasteiger partial charge in [0.15, 0.2) is 6.23 Å². The Morgan fingerprint density at radius 1 is 1.24 bits per heavy atom. The quantitative estimate of drug-likeness (QED) is 0.536. The van der Waals surface area contributed by atoms with Crippen LogP contribution in [0.4, 0.5) is 0 Å². The van der Waals surface area contributed by atoms with Gasteiger partial charge < -0.3 is 19.8 Å².